The summed E-state index contributed by atoms with van der Waals surface area (Å²) in [6.45, 7) is 5.67. The number of benzene rings is 3. The van der Waals surface area contributed by atoms with E-state index in [1.54, 1.807) is 18.2 Å². The maximum absolute atomic E-state index is 13.4. The summed E-state index contributed by atoms with van der Waals surface area (Å²) in [5, 5.41) is 15.9. The summed E-state index contributed by atoms with van der Waals surface area (Å²) in [7, 11) is 1.50. The molecular weight excluding hydrogens is 538 g/mol. The van der Waals surface area contributed by atoms with Crippen LogP contribution in [0, 0.1) is 0 Å². The van der Waals surface area contributed by atoms with E-state index in [2.05, 4.69) is 15.5 Å². The van der Waals surface area contributed by atoms with Gasteiger partial charge in [-0.15, -0.1) is 0 Å². The average molecular weight is 576 g/mol. The van der Waals surface area contributed by atoms with Gasteiger partial charge in [-0.3, -0.25) is 14.5 Å². The fourth-order valence-electron chi connectivity index (χ4n) is 5.16. The Kier molecular flexibility index (Phi) is 9.14. The van der Waals surface area contributed by atoms with E-state index in [1.807, 2.05) is 56.3 Å². The van der Waals surface area contributed by atoms with E-state index in [4.69, 9.17) is 18.9 Å². The second-order valence-electron chi connectivity index (χ2n) is 10.8. The molecule has 0 radical (unpaired) electrons. The van der Waals surface area contributed by atoms with Crippen LogP contribution in [0.4, 0.5) is 0 Å². The molecule has 3 N–H and O–H groups in total. The number of hydrogen-bond acceptors (Lipinski definition) is 8. The number of hydrogen-bond donors (Lipinski definition) is 3. The number of aliphatic hydroxyl groups is 1. The van der Waals surface area contributed by atoms with Crippen LogP contribution in [-0.2, 0) is 24.5 Å². The number of likely N-dealkylation sites (tertiary alicyclic amines) is 1. The molecule has 42 heavy (non-hydrogen) atoms. The average Bonchev–Trinajstić information content (AvgIpc) is 3.35. The van der Waals surface area contributed by atoms with E-state index in [-0.39, 0.29) is 43.3 Å². The van der Waals surface area contributed by atoms with Crippen molar-refractivity contribution in [1.29, 1.82) is 0 Å². The van der Waals surface area contributed by atoms with Crippen LogP contribution in [0.25, 0.3) is 0 Å². The predicted octanol–water partition coefficient (Wildman–Crippen LogP) is 3.05. The lowest BCUT2D eigenvalue weighted by Crippen LogP contribution is -2.45. The highest BCUT2D eigenvalue weighted by atomic mass is 16.5. The molecule has 6 rings (SSSR count). The van der Waals surface area contributed by atoms with Crippen molar-refractivity contribution in [1.82, 2.24) is 15.5 Å². The Morgan fingerprint density at radius 3 is 2.55 bits per heavy atom. The molecule has 0 spiro atoms. The van der Waals surface area contributed by atoms with Gasteiger partial charge in [-0.05, 0) is 67.4 Å². The lowest BCUT2D eigenvalue weighted by Gasteiger charge is -2.21. The number of methoxy groups -OCH3 is 1. The number of carbonyl (C=O) groups excluding carboxylic acids is 2. The van der Waals surface area contributed by atoms with Crippen molar-refractivity contribution in [2.75, 3.05) is 26.8 Å². The summed E-state index contributed by atoms with van der Waals surface area (Å²) in [6, 6.07) is 18.0. The minimum Gasteiger partial charge on any atom is -0.493 e. The molecule has 0 unspecified atom stereocenters. The fourth-order valence-corrected chi connectivity index (χ4v) is 5.16. The van der Waals surface area contributed by atoms with Gasteiger partial charge in [0.1, 0.15) is 17.6 Å². The molecule has 3 aliphatic rings. The van der Waals surface area contributed by atoms with Crippen LogP contribution in [-0.4, -0.2) is 66.9 Å². The normalized spacial score (nSPS) is 19.3. The molecule has 1 fully saturated rings. The Balaban J connectivity index is 1.39. The quantitative estimate of drug-likeness (QED) is 0.411. The van der Waals surface area contributed by atoms with Gasteiger partial charge in [0.2, 0.25) is 0 Å². The minimum atomic E-state index is -0.315. The van der Waals surface area contributed by atoms with Crippen LogP contribution in [0.2, 0.25) is 0 Å². The third kappa shape index (κ3) is 7.13. The van der Waals surface area contributed by atoms with Crippen LogP contribution >= 0.6 is 0 Å². The molecule has 4 bridgehead atoms. The summed E-state index contributed by atoms with van der Waals surface area (Å²) in [5.74, 6) is 1.50. The molecule has 0 aromatic heterocycles. The first-order chi connectivity index (χ1) is 20.3. The zero-order chi connectivity index (χ0) is 29.6. The monoisotopic (exact) mass is 575 g/mol. The van der Waals surface area contributed by atoms with Gasteiger partial charge in [0.05, 0.1) is 25.9 Å². The van der Waals surface area contributed by atoms with Gasteiger partial charge >= 0.3 is 0 Å². The highest BCUT2D eigenvalue weighted by Crippen LogP contribution is 2.29. The van der Waals surface area contributed by atoms with Crippen LogP contribution in [0.5, 0.6) is 23.0 Å². The lowest BCUT2D eigenvalue weighted by atomic mass is 10.1. The Bertz CT molecular complexity index is 1410. The van der Waals surface area contributed by atoms with Crippen molar-refractivity contribution < 1.29 is 33.6 Å². The molecule has 10 nitrogen and oxygen atoms in total. The molecule has 2 atom stereocenters. The molecule has 0 aliphatic carbocycles. The Labute approximate surface area is 245 Å². The summed E-state index contributed by atoms with van der Waals surface area (Å²) in [5.41, 5.74) is 3.06. The van der Waals surface area contributed by atoms with Crippen molar-refractivity contribution in [3.63, 3.8) is 0 Å². The molecule has 10 heteroatoms. The smallest absolute Gasteiger partial charge is 0.258 e. The maximum atomic E-state index is 13.4. The largest absolute Gasteiger partial charge is 0.493 e. The Morgan fingerprint density at radius 2 is 1.81 bits per heavy atom. The van der Waals surface area contributed by atoms with Crippen LogP contribution in [0.3, 0.4) is 0 Å². The first-order valence-electron chi connectivity index (χ1n) is 14.1. The molecule has 3 aromatic rings. The first-order valence-corrected chi connectivity index (χ1v) is 14.1. The van der Waals surface area contributed by atoms with Crippen molar-refractivity contribution >= 4 is 11.8 Å². The van der Waals surface area contributed by atoms with Crippen molar-refractivity contribution in [3.8, 4) is 23.0 Å². The van der Waals surface area contributed by atoms with E-state index < -0.39 is 0 Å². The van der Waals surface area contributed by atoms with Gasteiger partial charge in [-0.1, -0.05) is 18.2 Å². The number of ether oxygens (including phenoxy) is 4. The van der Waals surface area contributed by atoms with Gasteiger partial charge < -0.3 is 34.7 Å². The molecule has 3 aliphatic heterocycles. The summed E-state index contributed by atoms with van der Waals surface area (Å²) < 4.78 is 23.3. The first kappa shape index (κ1) is 29.2. The zero-order valence-electron chi connectivity index (χ0n) is 24.1. The second-order valence-corrected chi connectivity index (χ2v) is 10.8. The Hall–Kier alpha value is -4.28. The van der Waals surface area contributed by atoms with Gasteiger partial charge in [0, 0.05) is 37.3 Å². The summed E-state index contributed by atoms with van der Waals surface area (Å²) >= 11 is 0. The van der Waals surface area contributed by atoms with Crippen molar-refractivity contribution in [3.05, 3.63) is 82.9 Å². The minimum absolute atomic E-state index is 0.00556. The predicted molar refractivity (Wildman–Crippen MR) is 156 cm³/mol. The lowest BCUT2D eigenvalue weighted by molar-refractivity contribution is -0.123. The topological polar surface area (TPSA) is 119 Å². The molecular formula is C32H37N3O7. The Morgan fingerprint density at radius 1 is 1.02 bits per heavy atom. The number of carbonyl (C=O) groups is 2. The highest BCUT2D eigenvalue weighted by Gasteiger charge is 2.36. The number of nitrogens with one attached hydrogen (secondary N) is 2. The number of fused-ring (bicyclic) bond motifs is 7. The standard InChI is InChI=1S/C32H37N3O7/c1-20(2)41-27-10-6-22(12-24(27)18-36)15-35-16-26-30(17-35)42-25-8-4-21(5-9-25)14-33-31(37)19-40-29-13-23(32(38)34-26)7-11-28(29)39-3/h4-13,20,26,30,36H,14-19H2,1-3H3,(H,33,37)(H,34,38)/t26-,30-/m0/s1. The number of nitrogens with zero attached hydrogens (tertiary/aromatic N) is 1. The molecule has 1 saturated heterocycles. The van der Waals surface area contributed by atoms with E-state index in [0.29, 0.717) is 54.7 Å². The number of rotatable bonds is 6. The molecule has 3 heterocycles. The van der Waals surface area contributed by atoms with Gasteiger partial charge in [-0.2, -0.15) is 0 Å². The maximum Gasteiger partial charge on any atom is 0.258 e. The van der Waals surface area contributed by atoms with E-state index in [9.17, 15) is 14.7 Å². The number of aliphatic hydroxyl groups excluding tert-OH is 1. The summed E-state index contributed by atoms with van der Waals surface area (Å²) in [4.78, 5) is 28.0. The van der Waals surface area contributed by atoms with Crippen molar-refractivity contribution in [2.24, 2.45) is 0 Å². The van der Waals surface area contributed by atoms with E-state index in [1.165, 1.54) is 7.11 Å². The van der Waals surface area contributed by atoms with Crippen LogP contribution < -0.4 is 29.6 Å². The van der Waals surface area contributed by atoms with E-state index in [0.717, 1.165) is 16.7 Å². The fraction of sp³-hybridized carbons (Fsp3) is 0.375. The van der Waals surface area contributed by atoms with Gasteiger partial charge in [0.15, 0.2) is 18.1 Å². The van der Waals surface area contributed by atoms with Crippen LogP contribution in [0.1, 0.15) is 40.9 Å². The molecule has 0 saturated carbocycles. The highest BCUT2D eigenvalue weighted by molar-refractivity contribution is 5.95. The molecule has 3 aromatic carbocycles. The summed E-state index contributed by atoms with van der Waals surface area (Å²) in [6.07, 6.45) is -0.309. The third-order valence-corrected chi connectivity index (χ3v) is 7.21. The third-order valence-electron chi connectivity index (χ3n) is 7.21. The van der Waals surface area contributed by atoms with E-state index >= 15 is 0 Å². The molecule has 2 amide bonds. The van der Waals surface area contributed by atoms with Gasteiger partial charge in [0.25, 0.3) is 11.8 Å². The molecule has 222 valence electrons. The SMILES string of the molecule is COc1ccc2cc1OCC(=O)NCc1ccc(cc1)O[C@H]1CN(Cc3ccc(OC(C)C)c(CO)c3)C[C@@H]1NC2=O. The van der Waals surface area contributed by atoms with Crippen molar-refractivity contribution in [2.45, 2.75) is 51.8 Å². The zero-order valence-corrected chi connectivity index (χ0v) is 24.1. The van der Waals surface area contributed by atoms with Gasteiger partial charge in [-0.25, -0.2) is 0 Å². The number of amides is 2. The van der Waals surface area contributed by atoms with Crippen LogP contribution in [0.15, 0.2) is 60.7 Å². The second kappa shape index (κ2) is 13.1.